The number of hydrogen-bond donors (Lipinski definition) is 1. The number of benzene rings is 3. The lowest BCUT2D eigenvalue weighted by atomic mass is 9.88. The molecule has 0 saturated heterocycles. The van der Waals surface area contributed by atoms with E-state index < -0.39 is 0 Å². The van der Waals surface area contributed by atoms with Crippen LogP contribution in [0.3, 0.4) is 0 Å². The van der Waals surface area contributed by atoms with Crippen molar-refractivity contribution in [3.05, 3.63) is 101 Å². The predicted molar refractivity (Wildman–Crippen MR) is 137 cm³/mol. The minimum atomic E-state index is -0.182. The number of nitrogens with one attached hydrogen (secondary N) is 1. The minimum absolute atomic E-state index is 0.0334. The van der Waals surface area contributed by atoms with E-state index in [9.17, 15) is 4.79 Å². The first-order valence-electron chi connectivity index (χ1n) is 11.3. The molecule has 0 saturated carbocycles. The molecule has 0 aliphatic rings. The Balaban J connectivity index is 1.73. The van der Waals surface area contributed by atoms with Crippen molar-refractivity contribution < 1.29 is 14.3 Å². The van der Waals surface area contributed by atoms with Gasteiger partial charge < -0.3 is 19.4 Å². The summed E-state index contributed by atoms with van der Waals surface area (Å²) in [5.74, 6) is 0.618. The highest BCUT2D eigenvalue weighted by atomic mass is 35.5. The summed E-state index contributed by atoms with van der Waals surface area (Å²) >= 11 is 6.63. The van der Waals surface area contributed by atoms with E-state index in [1.165, 1.54) is 5.56 Å². The summed E-state index contributed by atoms with van der Waals surface area (Å²) in [5.41, 5.74) is 4.31. The zero-order valence-corrected chi connectivity index (χ0v) is 20.2. The van der Waals surface area contributed by atoms with Crippen LogP contribution in [-0.4, -0.2) is 37.8 Å². The molecule has 34 heavy (non-hydrogen) atoms. The number of carbonyl (C=O) groups excluding carboxylic acids is 1. The molecule has 0 unspecified atom stereocenters. The van der Waals surface area contributed by atoms with E-state index in [0.717, 1.165) is 27.8 Å². The highest BCUT2D eigenvalue weighted by Crippen LogP contribution is 2.38. The van der Waals surface area contributed by atoms with Gasteiger partial charge in [0.1, 0.15) is 5.75 Å². The van der Waals surface area contributed by atoms with E-state index in [2.05, 4.69) is 40.3 Å². The summed E-state index contributed by atoms with van der Waals surface area (Å²) in [6, 6.07) is 24.1. The maximum Gasteiger partial charge on any atom is 0.221 e. The molecule has 5 nitrogen and oxygen atoms in total. The minimum Gasteiger partial charge on any atom is -0.497 e. The molecule has 176 valence electrons. The van der Waals surface area contributed by atoms with Gasteiger partial charge in [0.15, 0.2) is 0 Å². The topological polar surface area (TPSA) is 52.5 Å². The van der Waals surface area contributed by atoms with Crippen LogP contribution in [0, 0.1) is 0 Å². The van der Waals surface area contributed by atoms with Crippen LogP contribution in [0.2, 0.25) is 5.02 Å². The van der Waals surface area contributed by atoms with Crippen LogP contribution in [0.25, 0.3) is 10.9 Å². The quantitative estimate of drug-likeness (QED) is 0.301. The number of ether oxygens (including phenoxy) is 2. The number of methoxy groups -OCH3 is 2. The Morgan fingerprint density at radius 2 is 1.71 bits per heavy atom. The van der Waals surface area contributed by atoms with Gasteiger partial charge in [0.25, 0.3) is 0 Å². The second kappa shape index (κ2) is 11.2. The van der Waals surface area contributed by atoms with Gasteiger partial charge in [-0.2, -0.15) is 0 Å². The second-order valence-corrected chi connectivity index (χ2v) is 8.61. The molecule has 0 bridgehead atoms. The average molecular weight is 477 g/mol. The molecule has 6 heteroatoms. The highest BCUT2D eigenvalue weighted by molar-refractivity contribution is 6.31. The van der Waals surface area contributed by atoms with Gasteiger partial charge in [-0.15, -0.1) is 0 Å². The van der Waals surface area contributed by atoms with Crippen molar-refractivity contribution in [3.8, 4) is 5.75 Å². The van der Waals surface area contributed by atoms with Crippen LogP contribution in [-0.2, 0) is 16.1 Å². The lowest BCUT2D eigenvalue weighted by Gasteiger charge is -2.18. The summed E-state index contributed by atoms with van der Waals surface area (Å²) in [6.45, 7) is 1.66. The fraction of sp³-hybridized carbons (Fsp3) is 0.250. The zero-order valence-electron chi connectivity index (χ0n) is 19.5. The molecule has 1 N–H and O–H groups in total. The standard InChI is InChI=1S/C28H29ClN2O3/c1-33-16-15-30-28(32)17-24(22-7-3-5-9-26(22)29)25-19-31(27-10-6-4-8-23(25)27)18-20-11-13-21(34-2)14-12-20/h3-14,19,24H,15-18H2,1-2H3,(H,30,32)/t24-/m1/s1. The normalized spacial score (nSPS) is 12.0. The summed E-state index contributed by atoms with van der Waals surface area (Å²) in [7, 11) is 3.29. The van der Waals surface area contributed by atoms with Crippen molar-refractivity contribution in [2.45, 2.75) is 18.9 Å². The molecule has 0 fully saturated rings. The third-order valence-electron chi connectivity index (χ3n) is 6.01. The number of rotatable bonds is 10. The van der Waals surface area contributed by atoms with E-state index >= 15 is 0 Å². The molecule has 4 aromatic rings. The molecule has 1 amide bonds. The first-order valence-corrected chi connectivity index (χ1v) is 11.7. The number of aromatic nitrogens is 1. The maximum atomic E-state index is 12.9. The lowest BCUT2D eigenvalue weighted by molar-refractivity contribution is -0.121. The summed E-state index contributed by atoms with van der Waals surface area (Å²) in [4.78, 5) is 12.9. The Morgan fingerprint density at radius 1 is 0.971 bits per heavy atom. The van der Waals surface area contributed by atoms with E-state index in [1.54, 1.807) is 14.2 Å². The Labute approximate surface area is 205 Å². The fourth-order valence-electron chi connectivity index (χ4n) is 4.31. The molecule has 0 radical (unpaired) electrons. The summed E-state index contributed by atoms with van der Waals surface area (Å²) < 4.78 is 12.6. The lowest BCUT2D eigenvalue weighted by Crippen LogP contribution is -2.28. The van der Waals surface area contributed by atoms with E-state index in [4.69, 9.17) is 21.1 Å². The van der Waals surface area contributed by atoms with E-state index in [1.807, 2.05) is 48.5 Å². The molecule has 0 aliphatic carbocycles. The second-order valence-electron chi connectivity index (χ2n) is 8.20. The number of para-hydroxylation sites is 1. The van der Waals surface area contributed by atoms with Crippen LogP contribution in [0.5, 0.6) is 5.75 Å². The van der Waals surface area contributed by atoms with Gasteiger partial charge >= 0.3 is 0 Å². The van der Waals surface area contributed by atoms with Gasteiger partial charge in [-0.25, -0.2) is 0 Å². The molecule has 1 atom stereocenters. The number of hydrogen-bond acceptors (Lipinski definition) is 3. The van der Waals surface area contributed by atoms with Gasteiger partial charge in [-0.1, -0.05) is 60.1 Å². The Morgan fingerprint density at radius 3 is 2.44 bits per heavy atom. The molecule has 0 aliphatic heterocycles. The average Bonchev–Trinajstić information content (AvgIpc) is 3.22. The van der Waals surface area contributed by atoms with Crippen molar-refractivity contribution in [3.63, 3.8) is 0 Å². The SMILES string of the molecule is COCCNC(=O)C[C@H](c1ccccc1Cl)c1cn(Cc2ccc(OC)cc2)c2ccccc12. The monoisotopic (exact) mass is 476 g/mol. The van der Waals surface area contributed by atoms with Crippen molar-refractivity contribution in [1.29, 1.82) is 0 Å². The Hall–Kier alpha value is -3.28. The predicted octanol–water partition coefficient (Wildman–Crippen LogP) is 5.64. The molecule has 4 rings (SSSR count). The largest absolute Gasteiger partial charge is 0.497 e. The number of amides is 1. The first kappa shape index (κ1) is 23.9. The van der Waals surface area contributed by atoms with E-state index in [0.29, 0.717) is 31.1 Å². The number of halogens is 1. The molecule has 0 spiro atoms. The smallest absolute Gasteiger partial charge is 0.221 e. The van der Waals surface area contributed by atoms with Crippen LogP contribution >= 0.6 is 11.6 Å². The molecule has 1 aromatic heterocycles. The molecular weight excluding hydrogens is 448 g/mol. The molecule has 1 heterocycles. The van der Waals surface area contributed by atoms with Gasteiger partial charge in [0.2, 0.25) is 5.91 Å². The van der Waals surface area contributed by atoms with Crippen LogP contribution < -0.4 is 10.1 Å². The fourth-order valence-corrected chi connectivity index (χ4v) is 4.57. The number of fused-ring (bicyclic) bond motifs is 1. The molecular formula is C28H29ClN2O3. The summed E-state index contributed by atoms with van der Waals surface area (Å²) in [6.07, 6.45) is 2.45. The maximum absolute atomic E-state index is 12.9. The van der Waals surface area contributed by atoms with Crippen molar-refractivity contribution in [2.75, 3.05) is 27.4 Å². The van der Waals surface area contributed by atoms with Crippen molar-refractivity contribution in [2.24, 2.45) is 0 Å². The Bertz CT molecular complexity index is 1250. The van der Waals surface area contributed by atoms with Gasteiger partial charge in [0, 0.05) is 54.7 Å². The molecule has 3 aromatic carbocycles. The third-order valence-corrected chi connectivity index (χ3v) is 6.35. The zero-order chi connectivity index (χ0) is 23.9. The number of nitrogens with zero attached hydrogens (tertiary/aromatic N) is 1. The highest BCUT2D eigenvalue weighted by Gasteiger charge is 2.24. The third kappa shape index (κ3) is 5.44. The van der Waals surface area contributed by atoms with E-state index in [-0.39, 0.29) is 11.8 Å². The van der Waals surface area contributed by atoms with Crippen molar-refractivity contribution >= 4 is 28.4 Å². The summed E-state index contributed by atoms with van der Waals surface area (Å²) in [5, 5.41) is 4.73. The Kier molecular flexibility index (Phi) is 7.88. The van der Waals surface area contributed by atoms with Gasteiger partial charge in [0.05, 0.1) is 13.7 Å². The van der Waals surface area contributed by atoms with Gasteiger partial charge in [-0.3, -0.25) is 4.79 Å². The van der Waals surface area contributed by atoms with Crippen molar-refractivity contribution in [1.82, 2.24) is 9.88 Å². The van der Waals surface area contributed by atoms with Crippen LogP contribution in [0.1, 0.15) is 29.0 Å². The van der Waals surface area contributed by atoms with Gasteiger partial charge in [-0.05, 0) is 41.0 Å². The van der Waals surface area contributed by atoms with Crippen LogP contribution in [0.15, 0.2) is 79.0 Å². The van der Waals surface area contributed by atoms with Crippen LogP contribution in [0.4, 0.5) is 0 Å². The number of carbonyl (C=O) groups is 1. The first-order chi connectivity index (χ1) is 16.6.